The van der Waals surface area contributed by atoms with Gasteiger partial charge in [0, 0.05) is 17.0 Å². The van der Waals surface area contributed by atoms with Crippen molar-refractivity contribution in [1.29, 1.82) is 0 Å². The zero-order valence-corrected chi connectivity index (χ0v) is 22.2. The summed E-state index contributed by atoms with van der Waals surface area (Å²) in [5, 5.41) is 9.36. The minimum atomic E-state index is -3.69. The molecular formula is C28H38ClNO4S. The van der Waals surface area contributed by atoms with E-state index >= 15 is 0 Å². The Hall–Kier alpha value is -1.89. The number of halogens is 1. The van der Waals surface area contributed by atoms with E-state index in [1.165, 1.54) is 25.7 Å². The number of hydrogen-bond acceptors (Lipinski definition) is 3. The van der Waals surface area contributed by atoms with Crippen LogP contribution in [0.4, 0.5) is 0 Å². The molecule has 0 bridgehead atoms. The average Bonchev–Trinajstić information content (AvgIpc) is 2.81. The van der Waals surface area contributed by atoms with Crippen LogP contribution < -0.4 is 4.72 Å². The largest absolute Gasteiger partial charge is 0.481 e. The van der Waals surface area contributed by atoms with E-state index in [1.807, 2.05) is 12.1 Å². The van der Waals surface area contributed by atoms with Crippen LogP contribution in [0.1, 0.15) is 82.3 Å². The van der Waals surface area contributed by atoms with E-state index in [0.717, 1.165) is 43.2 Å². The number of sulfonamides is 1. The van der Waals surface area contributed by atoms with Gasteiger partial charge in [0.15, 0.2) is 0 Å². The maximum absolute atomic E-state index is 13.3. The summed E-state index contributed by atoms with van der Waals surface area (Å²) in [5.41, 5.74) is 1.67. The van der Waals surface area contributed by atoms with Crippen LogP contribution in [0.2, 0.25) is 5.02 Å². The van der Waals surface area contributed by atoms with Crippen molar-refractivity contribution in [2.75, 3.05) is 0 Å². The highest BCUT2D eigenvalue weighted by molar-refractivity contribution is 7.89. The molecule has 192 valence electrons. The molecule has 1 saturated carbocycles. The number of rotatable bonds is 13. The number of aliphatic carboxylic acids is 1. The molecule has 2 aromatic rings. The first-order chi connectivity index (χ1) is 16.7. The zero-order chi connectivity index (χ0) is 25.3. The van der Waals surface area contributed by atoms with Crippen LogP contribution in [0, 0.1) is 5.92 Å². The van der Waals surface area contributed by atoms with Gasteiger partial charge in [0.05, 0.1) is 4.90 Å². The van der Waals surface area contributed by atoms with Crippen LogP contribution in [-0.4, -0.2) is 25.0 Å². The Kier molecular flexibility index (Phi) is 10.2. The lowest BCUT2D eigenvalue weighted by Gasteiger charge is -2.41. The monoisotopic (exact) mass is 519 g/mol. The van der Waals surface area contributed by atoms with Gasteiger partial charge < -0.3 is 5.11 Å². The third-order valence-corrected chi connectivity index (χ3v) is 9.02. The molecule has 0 atom stereocenters. The second-order valence-corrected chi connectivity index (χ2v) is 12.1. The summed E-state index contributed by atoms with van der Waals surface area (Å²) in [7, 11) is -3.69. The average molecular weight is 520 g/mol. The Morgan fingerprint density at radius 3 is 2.23 bits per heavy atom. The van der Waals surface area contributed by atoms with E-state index in [4.69, 9.17) is 16.7 Å². The highest BCUT2D eigenvalue weighted by atomic mass is 35.5. The molecule has 5 nitrogen and oxygen atoms in total. The topological polar surface area (TPSA) is 83.5 Å². The molecule has 0 saturated heterocycles. The molecule has 0 aromatic heterocycles. The van der Waals surface area contributed by atoms with Gasteiger partial charge in [0.25, 0.3) is 0 Å². The van der Waals surface area contributed by atoms with Crippen LogP contribution in [0.3, 0.4) is 0 Å². The molecule has 1 fully saturated rings. The predicted octanol–water partition coefficient (Wildman–Crippen LogP) is 6.78. The van der Waals surface area contributed by atoms with Gasteiger partial charge in [-0.1, -0.05) is 68.5 Å². The molecule has 1 aliphatic carbocycles. The Labute approximate surface area is 215 Å². The smallest absolute Gasteiger partial charge is 0.303 e. The summed E-state index contributed by atoms with van der Waals surface area (Å²) >= 11 is 5.97. The van der Waals surface area contributed by atoms with Gasteiger partial charge in [0.1, 0.15) is 0 Å². The lowest BCUT2D eigenvalue weighted by Crippen LogP contribution is -2.52. The van der Waals surface area contributed by atoms with Gasteiger partial charge in [-0.3, -0.25) is 4.79 Å². The fourth-order valence-electron chi connectivity index (χ4n) is 5.13. The number of carboxylic acid groups (broad SMARTS) is 1. The predicted molar refractivity (Wildman–Crippen MR) is 141 cm³/mol. The van der Waals surface area contributed by atoms with Gasteiger partial charge in [0.2, 0.25) is 10.0 Å². The molecule has 0 heterocycles. The molecular weight excluding hydrogens is 482 g/mol. The van der Waals surface area contributed by atoms with Crippen LogP contribution in [0.15, 0.2) is 53.4 Å². The summed E-state index contributed by atoms with van der Waals surface area (Å²) in [5.74, 6) is -0.117. The summed E-state index contributed by atoms with van der Waals surface area (Å²) < 4.78 is 29.8. The number of carboxylic acids is 1. The lowest BCUT2D eigenvalue weighted by molar-refractivity contribution is -0.137. The Morgan fingerprint density at radius 2 is 1.63 bits per heavy atom. The van der Waals surface area contributed by atoms with Crippen molar-refractivity contribution >= 4 is 27.6 Å². The molecule has 7 heteroatoms. The number of unbranched alkanes of at least 4 members (excludes halogenated alkanes) is 2. The van der Waals surface area contributed by atoms with Gasteiger partial charge in [-0.05, 0) is 86.3 Å². The maximum Gasteiger partial charge on any atom is 0.303 e. The SMILES string of the molecule is CCCCCC1CCC(Cc2ccc(CCCC(=O)O)cc2)(NS(=O)(=O)c2ccc(Cl)cc2)CC1. The van der Waals surface area contributed by atoms with Gasteiger partial charge in [-0.2, -0.15) is 0 Å². The Balaban J connectivity index is 1.74. The summed E-state index contributed by atoms with van der Waals surface area (Å²) in [6.07, 6.45) is 10.8. The summed E-state index contributed by atoms with van der Waals surface area (Å²) in [4.78, 5) is 11.0. The van der Waals surface area contributed by atoms with Crippen LogP contribution in [0.5, 0.6) is 0 Å². The van der Waals surface area contributed by atoms with E-state index < -0.39 is 21.5 Å². The Morgan fingerprint density at radius 1 is 1.00 bits per heavy atom. The third-order valence-electron chi connectivity index (χ3n) is 7.17. The van der Waals surface area contributed by atoms with Crippen molar-refractivity contribution < 1.29 is 18.3 Å². The molecule has 0 aliphatic heterocycles. The summed E-state index contributed by atoms with van der Waals surface area (Å²) in [6.45, 7) is 2.22. The molecule has 35 heavy (non-hydrogen) atoms. The first kappa shape index (κ1) is 27.7. The molecule has 2 N–H and O–H groups in total. The van der Waals surface area contributed by atoms with Gasteiger partial charge in [-0.25, -0.2) is 13.1 Å². The lowest BCUT2D eigenvalue weighted by atomic mass is 9.73. The molecule has 2 aromatic carbocycles. The maximum atomic E-state index is 13.3. The zero-order valence-electron chi connectivity index (χ0n) is 20.6. The van der Waals surface area contributed by atoms with Crippen molar-refractivity contribution in [3.63, 3.8) is 0 Å². The summed E-state index contributed by atoms with van der Waals surface area (Å²) in [6, 6.07) is 14.5. The van der Waals surface area contributed by atoms with E-state index in [1.54, 1.807) is 24.3 Å². The molecule has 0 unspecified atom stereocenters. The first-order valence-electron chi connectivity index (χ1n) is 12.8. The molecule has 0 radical (unpaired) electrons. The van der Waals surface area contributed by atoms with Crippen molar-refractivity contribution in [3.8, 4) is 0 Å². The molecule has 0 amide bonds. The third kappa shape index (κ3) is 8.62. The van der Waals surface area contributed by atoms with E-state index in [0.29, 0.717) is 23.8 Å². The van der Waals surface area contributed by atoms with E-state index in [-0.39, 0.29) is 11.3 Å². The van der Waals surface area contributed by atoms with E-state index in [9.17, 15) is 13.2 Å². The molecule has 1 aliphatic rings. The normalized spacial score (nSPS) is 20.6. The minimum Gasteiger partial charge on any atom is -0.481 e. The van der Waals surface area contributed by atoms with Crippen molar-refractivity contribution in [2.45, 2.75) is 94.4 Å². The quantitative estimate of drug-likeness (QED) is 0.286. The van der Waals surface area contributed by atoms with Crippen LogP contribution >= 0.6 is 11.6 Å². The number of nitrogens with one attached hydrogen (secondary N) is 1. The standard InChI is InChI=1S/C28H38ClNO4S/c1-2-3-4-6-23-17-19-28(20-18-23,30-35(33,34)26-15-13-25(29)14-16-26)21-24-11-9-22(10-12-24)7-5-8-27(31)32/h9-16,23,30H,2-8,17-21H2,1H3,(H,31,32). The number of hydrogen-bond donors (Lipinski definition) is 2. The second kappa shape index (κ2) is 12.9. The van der Waals surface area contributed by atoms with Crippen molar-refractivity contribution in [1.82, 2.24) is 4.72 Å². The highest BCUT2D eigenvalue weighted by Crippen LogP contribution is 2.38. The highest BCUT2D eigenvalue weighted by Gasteiger charge is 2.39. The van der Waals surface area contributed by atoms with Crippen molar-refractivity contribution in [3.05, 3.63) is 64.7 Å². The van der Waals surface area contributed by atoms with Crippen LogP contribution in [-0.2, 0) is 27.7 Å². The number of carbonyl (C=O) groups is 1. The second-order valence-electron chi connectivity index (χ2n) is 10.0. The number of aryl methyl sites for hydroxylation is 1. The van der Waals surface area contributed by atoms with E-state index in [2.05, 4.69) is 23.8 Å². The number of benzene rings is 2. The first-order valence-corrected chi connectivity index (χ1v) is 14.7. The van der Waals surface area contributed by atoms with Crippen LogP contribution in [0.25, 0.3) is 0 Å². The fraction of sp³-hybridized carbons (Fsp3) is 0.536. The molecule has 3 rings (SSSR count). The van der Waals surface area contributed by atoms with Crippen molar-refractivity contribution in [2.24, 2.45) is 5.92 Å². The minimum absolute atomic E-state index is 0.163. The molecule has 0 spiro atoms. The fourth-order valence-corrected chi connectivity index (χ4v) is 6.72. The van der Waals surface area contributed by atoms with Gasteiger partial charge >= 0.3 is 5.97 Å². The Bertz CT molecular complexity index is 1040. The van der Waals surface area contributed by atoms with Gasteiger partial charge in [-0.15, -0.1) is 0 Å².